The molecular weight excluding hydrogens is 348 g/mol. The summed E-state index contributed by atoms with van der Waals surface area (Å²) in [5.74, 6) is 2.44. The predicted molar refractivity (Wildman–Crippen MR) is 106 cm³/mol. The van der Waals surface area contributed by atoms with Crippen LogP contribution in [0.3, 0.4) is 0 Å². The molecule has 1 N–H and O–H groups in total. The number of hydrogen-bond acceptors (Lipinski definition) is 4. The van der Waals surface area contributed by atoms with Gasteiger partial charge in [0.1, 0.15) is 12.4 Å². The van der Waals surface area contributed by atoms with E-state index in [1.165, 1.54) is 0 Å². The van der Waals surface area contributed by atoms with Crippen LogP contribution in [0.2, 0.25) is 0 Å². The smallest absolute Gasteiger partial charge is 0.169 e. The summed E-state index contributed by atoms with van der Waals surface area (Å²) in [6.07, 6.45) is -0.0504. The minimum Gasteiger partial charge on any atom is -0.497 e. The summed E-state index contributed by atoms with van der Waals surface area (Å²) in [4.78, 5) is 2.10. The van der Waals surface area contributed by atoms with Gasteiger partial charge in [0.15, 0.2) is 22.7 Å². The number of methoxy groups -OCH3 is 1. The van der Waals surface area contributed by atoms with E-state index in [9.17, 15) is 0 Å². The monoisotopic (exact) mass is 372 g/mol. The van der Waals surface area contributed by atoms with Crippen molar-refractivity contribution in [2.24, 2.45) is 0 Å². The molecule has 26 heavy (non-hydrogen) atoms. The van der Waals surface area contributed by atoms with E-state index >= 15 is 0 Å². The summed E-state index contributed by atoms with van der Waals surface area (Å²) in [7, 11) is 1.66. The maximum Gasteiger partial charge on any atom is 0.169 e. The highest BCUT2D eigenvalue weighted by molar-refractivity contribution is 7.80. The van der Waals surface area contributed by atoms with Gasteiger partial charge in [-0.15, -0.1) is 0 Å². The normalized spacial score (nSPS) is 15.2. The highest BCUT2D eigenvalue weighted by Crippen LogP contribution is 2.31. The van der Waals surface area contributed by atoms with Crippen molar-refractivity contribution in [3.05, 3.63) is 54.1 Å². The molecule has 0 fully saturated rings. The molecule has 0 saturated carbocycles. The number of fused-ring (bicyclic) bond motifs is 1. The lowest BCUT2D eigenvalue weighted by molar-refractivity contribution is 0.0748. The fourth-order valence-corrected chi connectivity index (χ4v) is 3.06. The first-order chi connectivity index (χ1) is 12.7. The number of thiocarbonyl (C=S) groups is 1. The minimum absolute atomic E-state index is 0.0504. The third kappa shape index (κ3) is 4.58. The van der Waals surface area contributed by atoms with Crippen molar-refractivity contribution in [3.63, 3.8) is 0 Å². The molecule has 0 aromatic heterocycles. The van der Waals surface area contributed by atoms with Gasteiger partial charge in [-0.05, 0) is 49.0 Å². The molecule has 0 unspecified atom stereocenters. The second-order valence-corrected chi connectivity index (χ2v) is 6.43. The van der Waals surface area contributed by atoms with Crippen molar-refractivity contribution in [3.8, 4) is 17.2 Å². The van der Waals surface area contributed by atoms with Gasteiger partial charge in [0.05, 0.1) is 13.7 Å². The van der Waals surface area contributed by atoms with E-state index in [2.05, 4.69) is 17.1 Å². The van der Waals surface area contributed by atoms with Crippen molar-refractivity contribution in [2.75, 3.05) is 26.8 Å². The molecule has 0 bridgehead atoms. The summed E-state index contributed by atoms with van der Waals surface area (Å²) in [5, 5.41) is 4.03. The Hall–Kier alpha value is -2.47. The van der Waals surface area contributed by atoms with Gasteiger partial charge in [-0.1, -0.05) is 24.3 Å². The number of likely N-dealkylation sites (N-methyl/N-ethyl adjacent to an activating group) is 1. The average molecular weight is 372 g/mol. The molecule has 0 radical (unpaired) electrons. The summed E-state index contributed by atoms with van der Waals surface area (Å²) in [6, 6.07) is 15.7. The van der Waals surface area contributed by atoms with Crippen LogP contribution in [-0.4, -0.2) is 42.9 Å². The van der Waals surface area contributed by atoms with Crippen molar-refractivity contribution >= 4 is 17.3 Å². The Morgan fingerprint density at radius 3 is 2.62 bits per heavy atom. The maximum atomic E-state index is 6.03. The van der Waals surface area contributed by atoms with Gasteiger partial charge in [-0.25, -0.2) is 0 Å². The largest absolute Gasteiger partial charge is 0.497 e. The molecule has 0 aliphatic carbocycles. The van der Waals surface area contributed by atoms with Crippen LogP contribution in [0.25, 0.3) is 0 Å². The number of ether oxygens (including phenoxy) is 3. The Labute approximate surface area is 159 Å². The maximum absolute atomic E-state index is 6.03. The second kappa shape index (κ2) is 8.76. The van der Waals surface area contributed by atoms with Crippen molar-refractivity contribution in [1.29, 1.82) is 0 Å². The topological polar surface area (TPSA) is 43.0 Å². The van der Waals surface area contributed by atoms with Crippen molar-refractivity contribution in [1.82, 2.24) is 10.2 Å². The van der Waals surface area contributed by atoms with Gasteiger partial charge in [0, 0.05) is 13.1 Å². The first-order valence-corrected chi connectivity index (χ1v) is 9.14. The Bertz CT molecular complexity index is 736. The van der Waals surface area contributed by atoms with Crippen molar-refractivity contribution < 1.29 is 14.2 Å². The van der Waals surface area contributed by atoms with Gasteiger partial charge in [0.25, 0.3) is 0 Å². The summed E-state index contributed by atoms with van der Waals surface area (Å²) >= 11 is 5.56. The first kappa shape index (κ1) is 18.3. The van der Waals surface area contributed by atoms with E-state index in [1.807, 2.05) is 48.5 Å². The standard InChI is InChI=1S/C20H24N2O3S/c1-3-22(13-17-14-24-18-6-4-5-7-19(18)25-17)20(26)21-12-15-8-10-16(23-2)11-9-15/h4-11,17H,3,12-14H2,1-2H3,(H,21,26)/t17-/m1/s1. The Morgan fingerprint density at radius 1 is 1.19 bits per heavy atom. The molecule has 2 aromatic carbocycles. The highest BCUT2D eigenvalue weighted by atomic mass is 32.1. The molecule has 5 nitrogen and oxygen atoms in total. The van der Waals surface area contributed by atoms with Crippen LogP contribution in [0, 0.1) is 0 Å². The minimum atomic E-state index is -0.0504. The predicted octanol–water partition coefficient (Wildman–Crippen LogP) is 3.23. The fourth-order valence-electron chi connectivity index (χ4n) is 2.79. The molecule has 1 aliphatic heterocycles. The lowest BCUT2D eigenvalue weighted by atomic mass is 10.2. The molecule has 1 heterocycles. The van der Waals surface area contributed by atoms with Crippen LogP contribution in [0.5, 0.6) is 17.2 Å². The van der Waals surface area contributed by atoms with Gasteiger partial charge >= 0.3 is 0 Å². The zero-order valence-corrected chi connectivity index (χ0v) is 15.9. The number of para-hydroxylation sites is 2. The highest BCUT2D eigenvalue weighted by Gasteiger charge is 2.23. The van der Waals surface area contributed by atoms with Crippen LogP contribution < -0.4 is 19.5 Å². The molecule has 0 spiro atoms. The van der Waals surface area contributed by atoms with Crippen LogP contribution in [0.4, 0.5) is 0 Å². The lowest BCUT2D eigenvalue weighted by Crippen LogP contribution is -2.47. The van der Waals surface area contributed by atoms with E-state index < -0.39 is 0 Å². The number of rotatable bonds is 6. The third-order valence-electron chi connectivity index (χ3n) is 4.26. The first-order valence-electron chi connectivity index (χ1n) is 8.73. The number of hydrogen-bond donors (Lipinski definition) is 1. The van der Waals surface area contributed by atoms with Gasteiger partial charge in [-0.3, -0.25) is 0 Å². The van der Waals surface area contributed by atoms with E-state index in [0.717, 1.165) is 29.4 Å². The third-order valence-corrected chi connectivity index (χ3v) is 4.67. The van der Waals surface area contributed by atoms with Crippen LogP contribution in [0.1, 0.15) is 12.5 Å². The Morgan fingerprint density at radius 2 is 1.92 bits per heavy atom. The molecule has 138 valence electrons. The molecule has 2 aromatic rings. The Kier molecular flexibility index (Phi) is 6.17. The molecule has 0 saturated heterocycles. The van der Waals surface area contributed by atoms with E-state index in [-0.39, 0.29) is 6.10 Å². The van der Waals surface area contributed by atoms with Gasteiger partial charge in [0.2, 0.25) is 0 Å². The summed E-state index contributed by atoms with van der Waals surface area (Å²) in [6.45, 7) is 4.76. The SMILES string of the molecule is CCN(C[C@@H]1COc2ccccc2O1)C(=S)NCc1ccc(OC)cc1. The molecule has 3 rings (SSSR count). The number of benzene rings is 2. The Balaban J connectivity index is 1.52. The van der Waals surface area contributed by atoms with Gasteiger partial charge in [-0.2, -0.15) is 0 Å². The van der Waals surface area contributed by atoms with Crippen LogP contribution >= 0.6 is 12.2 Å². The van der Waals surface area contributed by atoms with Crippen LogP contribution in [0.15, 0.2) is 48.5 Å². The average Bonchev–Trinajstić information content (AvgIpc) is 2.70. The van der Waals surface area contributed by atoms with E-state index in [0.29, 0.717) is 24.8 Å². The zero-order chi connectivity index (χ0) is 18.4. The lowest BCUT2D eigenvalue weighted by Gasteiger charge is -2.32. The van der Waals surface area contributed by atoms with Gasteiger partial charge < -0.3 is 24.4 Å². The fraction of sp³-hybridized carbons (Fsp3) is 0.350. The summed E-state index contributed by atoms with van der Waals surface area (Å²) in [5.41, 5.74) is 1.15. The number of nitrogens with one attached hydrogen (secondary N) is 1. The molecule has 1 atom stereocenters. The second-order valence-electron chi connectivity index (χ2n) is 6.04. The van der Waals surface area contributed by atoms with E-state index in [1.54, 1.807) is 7.11 Å². The number of nitrogens with zero attached hydrogens (tertiary/aromatic N) is 1. The van der Waals surface area contributed by atoms with Crippen LogP contribution in [-0.2, 0) is 6.54 Å². The molecular formula is C20H24N2O3S. The molecule has 1 aliphatic rings. The molecule has 6 heteroatoms. The summed E-state index contributed by atoms with van der Waals surface area (Å²) < 4.78 is 17.0. The molecule has 0 amide bonds. The quantitative estimate of drug-likeness (QED) is 0.786. The zero-order valence-electron chi connectivity index (χ0n) is 15.1. The van der Waals surface area contributed by atoms with Crippen molar-refractivity contribution in [2.45, 2.75) is 19.6 Å². The van der Waals surface area contributed by atoms with E-state index in [4.69, 9.17) is 26.4 Å².